The molecule has 0 spiro atoms. The average Bonchev–Trinajstić information content (AvgIpc) is 3.48. The van der Waals surface area contributed by atoms with Crippen molar-refractivity contribution in [2.24, 2.45) is 0 Å². The number of carbonyl (C=O) groups is 2. The summed E-state index contributed by atoms with van der Waals surface area (Å²) in [5.41, 5.74) is 5.45. The highest BCUT2D eigenvalue weighted by molar-refractivity contribution is 6.00. The Bertz CT molecular complexity index is 1080. The van der Waals surface area contributed by atoms with Crippen molar-refractivity contribution in [3.8, 4) is 5.69 Å². The lowest BCUT2D eigenvalue weighted by Gasteiger charge is -2.18. The number of aryl methyl sites for hydroxylation is 2. The molecule has 30 heavy (non-hydrogen) atoms. The Hall–Kier alpha value is -3.41. The van der Waals surface area contributed by atoms with Gasteiger partial charge in [-0.05, 0) is 50.5 Å². The predicted octanol–water partition coefficient (Wildman–Crippen LogP) is 4.08. The molecule has 6 nitrogen and oxygen atoms in total. The van der Waals surface area contributed by atoms with Gasteiger partial charge in [-0.3, -0.25) is 9.59 Å². The Labute approximate surface area is 176 Å². The molecule has 1 aliphatic carbocycles. The average molecular weight is 402 g/mol. The quantitative estimate of drug-likeness (QED) is 0.676. The summed E-state index contributed by atoms with van der Waals surface area (Å²) in [6, 6.07) is 15.6. The number of aromatic nitrogens is 2. The van der Waals surface area contributed by atoms with Crippen molar-refractivity contribution in [3.63, 3.8) is 0 Å². The molecule has 3 aromatic rings. The maximum atomic E-state index is 13.2. The molecule has 6 heteroatoms. The van der Waals surface area contributed by atoms with Crippen molar-refractivity contribution in [1.29, 1.82) is 0 Å². The van der Waals surface area contributed by atoms with Gasteiger partial charge < -0.3 is 10.2 Å². The number of nitrogens with one attached hydrogen (secondary N) is 1. The highest BCUT2D eigenvalue weighted by atomic mass is 16.2. The topological polar surface area (TPSA) is 67.2 Å². The third-order valence-electron chi connectivity index (χ3n) is 5.41. The second-order valence-electron chi connectivity index (χ2n) is 7.99. The standard InChI is InChI=1S/C24H26N4O2/c1-16-8-12-19(13-9-16)26-22(29)15-27(3)24(30)20-14-25-28(23(20)18-10-11-18)21-7-5-4-6-17(21)2/h4-9,12-14,18H,10-11,15H2,1-3H3,(H,26,29). The van der Waals surface area contributed by atoms with E-state index in [-0.39, 0.29) is 18.4 Å². The van der Waals surface area contributed by atoms with Crippen LogP contribution in [0.1, 0.15) is 45.9 Å². The summed E-state index contributed by atoms with van der Waals surface area (Å²) in [6.07, 6.45) is 3.74. The summed E-state index contributed by atoms with van der Waals surface area (Å²) in [6.45, 7) is 4.01. The number of nitrogens with zero attached hydrogens (tertiary/aromatic N) is 3. The number of para-hydroxylation sites is 1. The van der Waals surface area contributed by atoms with Gasteiger partial charge in [0.05, 0.1) is 29.7 Å². The first kappa shape index (κ1) is 19.9. The van der Waals surface area contributed by atoms with E-state index in [0.717, 1.165) is 41.0 Å². The fraction of sp³-hybridized carbons (Fsp3) is 0.292. The molecule has 0 saturated heterocycles. The third-order valence-corrected chi connectivity index (χ3v) is 5.41. The van der Waals surface area contributed by atoms with E-state index < -0.39 is 0 Å². The summed E-state index contributed by atoms with van der Waals surface area (Å²) in [5.74, 6) is -0.0781. The third kappa shape index (κ3) is 4.13. The molecule has 1 aromatic heterocycles. The summed E-state index contributed by atoms with van der Waals surface area (Å²) in [5, 5.41) is 7.38. The summed E-state index contributed by atoms with van der Waals surface area (Å²) < 4.78 is 1.89. The number of rotatable bonds is 6. The van der Waals surface area contributed by atoms with Crippen LogP contribution in [0.25, 0.3) is 5.69 Å². The molecule has 2 aromatic carbocycles. The highest BCUT2D eigenvalue weighted by Crippen LogP contribution is 2.43. The van der Waals surface area contributed by atoms with Gasteiger partial charge in [-0.2, -0.15) is 5.10 Å². The van der Waals surface area contributed by atoms with Crippen LogP contribution < -0.4 is 5.32 Å². The van der Waals surface area contributed by atoms with Crippen LogP contribution in [0.3, 0.4) is 0 Å². The number of amides is 2. The Morgan fingerprint density at radius 3 is 2.47 bits per heavy atom. The van der Waals surface area contributed by atoms with Gasteiger partial charge in [0.1, 0.15) is 0 Å². The van der Waals surface area contributed by atoms with Gasteiger partial charge in [-0.15, -0.1) is 0 Å². The van der Waals surface area contributed by atoms with Gasteiger partial charge in [0.25, 0.3) is 5.91 Å². The molecule has 0 bridgehead atoms. The number of hydrogen-bond donors (Lipinski definition) is 1. The minimum atomic E-state index is -0.228. The van der Waals surface area contributed by atoms with E-state index in [1.807, 2.05) is 67.1 Å². The number of benzene rings is 2. The predicted molar refractivity (Wildman–Crippen MR) is 117 cm³/mol. The van der Waals surface area contributed by atoms with Crippen LogP contribution >= 0.6 is 0 Å². The fourth-order valence-corrected chi connectivity index (χ4v) is 3.60. The minimum Gasteiger partial charge on any atom is -0.332 e. The second kappa shape index (κ2) is 8.14. The Morgan fingerprint density at radius 2 is 1.80 bits per heavy atom. The molecule has 1 saturated carbocycles. The molecule has 0 atom stereocenters. The van der Waals surface area contributed by atoms with E-state index in [2.05, 4.69) is 10.4 Å². The minimum absolute atomic E-state index is 0.0215. The van der Waals surface area contributed by atoms with Crippen LogP contribution in [0.2, 0.25) is 0 Å². The number of hydrogen-bond acceptors (Lipinski definition) is 3. The van der Waals surface area contributed by atoms with Crippen LogP contribution in [0.5, 0.6) is 0 Å². The largest absolute Gasteiger partial charge is 0.332 e. The lowest BCUT2D eigenvalue weighted by molar-refractivity contribution is -0.116. The zero-order valence-corrected chi connectivity index (χ0v) is 17.6. The van der Waals surface area contributed by atoms with Crippen LogP contribution in [-0.4, -0.2) is 40.1 Å². The number of anilines is 1. The van der Waals surface area contributed by atoms with Crippen molar-refractivity contribution in [2.75, 3.05) is 18.9 Å². The van der Waals surface area contributed by atoms with E-state index >= 15 is 0 Å². The molecular weight excluding hydrogens is 376 g/mol. The molecular formula is C24H26N4O2. The second-order valence-corrected chi connectivity index (χ2v) is 7.99. The molecule has 1 aliphatic rings. The maximum absolute atomic E-state index is 13.2. The van der Waals surface area contributed by atoms with Crippen LogP contribution in [0.4, 0.5) is 5.69 Å². The molecule has 0 radical (unpaired) electrons. The Balaban J connectivity index is 1.52. The van der Waals surface area contributed by atoms with Crippen molar-refractivity contribution in [1.82, 2.24) is 14.7 Å². The normalized spacial score (nSPS) is 13.2. The summed E-state index contributed by atoms with van der Waals surface area (Å²) in [7, 11) is 1.65. The van der Waals surface area contributed by atoms with Gasteiger partial charge >= 0.3 is 0 Å². The van der Waals surface area contributed by atoms with Gasteiger partial charge in [0.2, 0.25) is 5.91 Å². The van der Waals surface area contributed by atoms with Gasteiger partial charge in [0.15, 0.2) is 0 Å². The summed E-state index contributed by atoms with van der Waals surface area (Å²) in [4.78, 5) is 27.0. The molecule has 2 amide bonds. The lowest BCUT2D eigenvalue weighted by Crippen LogP contribution is -2.35. The van der Waals surface area contributed by atoms with E-state index in [1.54, 1.807) is 13.2 Å². The van der Waals surface area contributed by atoms with E-state index in [0.29, 0.717) is 11.5 Å². The van der Waals surface area contributed by atoms with E-state index in [1.165, 1.54) is 4.90 Å². The molecule has 154 valence electrons. The molecule has 1 fully saturated rings. The maximum Gasteiger partial charge on any atom is 0.257 e. The van der Waals surface area contributed by atoms with Gasteiger partial charge in [-0.25, -0.2) is 4.68 Å². The van der Waals surface area contributed by atoms with Crippen molar-refractivity contribution in [3.05, 3.63) is 77.1 Å². The molecule has 4 rings (SSSR count). The van der Waals surface area contributed by atoms with Crippen molar-refractivity contribution < 1.29 is 9.59 Å². The van der Waals surface area contributed by atoms with Crippen LogP contribution in [0, 0.1) is 13.8 Å². The van der Waals surface area contributed by atoms with Crippen molar-refractivity contribution in [2.45, 2.75) is 32.6 Å². The van der Waals surface area contributed by atoms with Crippen LogP contribution in [-0.2, 0) is 4.79 Å². The first-order chi connectivity index (χ1) is 14.4. The zero-order chi connectivity index (χ0) is 21.3. The summed E-state index contributed by atoms with van der Waals surface area (Å²) >= 11 is 0. The lowest BCUT2D eigenvalue weighted by atomic mass is 10.1. The molecule has 1 heterocycles. The first-order valence-corrected chi connectivity index (χ1v) is 10.2. The van der Waals surface area contributed by atoms with E-state index in [9.17, 15) is 9.59 Å². The number of carbonyl (C=O) groups excluding carboxylic acids is 2. The zero-order valence-electron chi connectivity index (χ0n) is 17.6. The SMILES string of the molecule is Cc1ccc(NC(=O)CN(C)C(=O)c2cnn(-c3ccccc3C)c2C2CC2)cc1. The fourth-order valence-electron chi connectivity index (χ4n) is 3.60. The van der Waals surface area contributed by atoms with Gasteiger partial charge in [-0.1, -0.05) is 35.9 Å². The highest BCUT2D eigenvalue weighted by Gasteiger charge is 2.34. The Morgan fingerprint density at radius 1 is 1.10 bits per heavy atom. The monoisotopic (exact) mass is 402 g/mol. The van der Waals surface area contributed by atoms with Gasteiger partial charge in [0, 0.05) is 18.7 Å². The van der Waals surface area contributed by atoms with Crippen LogP contribution in [0.15, 0.2) is 54.7 Å². The first-order valence-electron chi connectivity index (χ1n) is 10.2. The number of likely N-dealkylation sites (N-methyl/N-ethyl adjacent to an activating group) is 1. The molecule has 0 aliphatic heterocycles. The molecule has 0 unspecified atom stereocenters. The van der Waals surface area contributed by atoms with E-state index in [4.69, 9.17) is 0 Å². The Kier molecular flexibility index (Phi) is 5.40. The van der Waals surface area contributed by atoms with Crippen molar-refractivity contribution >= 4 is 17.5 Å². The molecule has 1 N–H and O–H groups in total. The smallest absolute Gasteiger partial charge is 0.257 e.